The summed E-state index contributed by atoms with van der Waals surface area (Å²) in [7, 11) is 3.23. The molecular formula is C22H32N2O4. The van der Waals surface area contributed by atoms with Crippen LogP contribution in [-0.4, -0.2) is 50.1 Å². The minimum absolute atomic E-state index is 0.0384. The maximum atomic E-state index is 12.9. The van der Waals surface area contributed by atoms with Gasteiger partial charge >= 0.3 is 0 Å². The summed E-state index contributed by atoms with van der Waals surface area (Å²) in [5.41, 5.74) is 0.990. The summed E-state index contributed by atoms with van der Waals surface area (Å²) in [6.07, 6.45) is 7.73. The van der Waals surface area contributed by atoms with E-state index in [9.17, 15) is 9.59 Å². The Balaban J connectivity index is 1.55. The lowest BCUT2D eigenvalue weighted by atomic mass is 9.88. The second-order valence-electron chi connectivity index (χ2n) is 7.72. The Kier molecular flexibility index (Phi) is 7.18. The van der Waals surface area contributed by atoms with Crippen LogP contribution in [0.25, 0.3) is 0 Å². The van der Waals surface area contributed by atoms with Crippen LogP contribution in [0.3, 0.4) is 0 Å². The minimum atomic E-state index is -0.318. The van der Waals surface area contributed by atoms with Crippen molar-refractivity contribution in [1.82, 2.24) is 10.2 Å². The van der Waals surface area contributed by atoms with Gasteiger partial charge in [-0.25, -0.2) is 0 Å². The van der Waals surface area contributed by atoms with Crippen molar-refractivity contribution in [3.8, 4) is 11.5 Å². The third kappa shape index (κ3) is 4.59. The highest BCUT2D eigenvalue weighted by atomic mass is 16.5. The monoisotopic (exact) mass is 388 g/mol. The van der Waals surface area contributed by atoms with E-state index in [4.69, 9.17) is 9.47 Å². The van der Waals surface area contributed by atoms with Gasteiger partial charge in [-0.2, -0.15) is 0 Å². The first-order chi connectivity index (χ1) is 13.7. The van der Waals surface area contributed by atoms with Crippen LogP contribution >= 0.6 is 0 Å². The molecule has 0 bridgehead atoms. The summed E-state index contributed by atoms with van der Waals surface area (Å²) in [5.74, 6) is 1.65. The van der Waals surface area contributed by atoms with Gasteiger partial charge in [0.05, 0.1) is 14.2 Å². The van der Waals surface area contributed by atoms with Gasteiger partial charge in [-0.05, 0) is 43.7 Å². The minimum Gasteiger partial charge on any atom is -0.493 e. The molecule has 1 N–H and O–H groups in total. The number of rotatable bonds is 7. The van der Waals surface area contributed by atoms with Crippen molar-refractivity contribution in [2.45, 2.75) is 57.4 Å². The number of para-hydroxylation sites is 1. The lowest BCUT2D eigenvalue weighted by Crippen LogP contribution is -2.48. The SMILES string of the molecule is COc1cccc(CCNC(=O)[C@@H]2CCCN2C(=O)C2CCCCC2)c1OC. The van der Waals surface area contributed by atoms with Crippen LogP contribution in [0.5, 0.6) is 11.5 Å². The van der Waals surface area contributed by atoms with Gasteiger partial charge in [-0.3, -0.25) is 9.59 Å². The van der Waals surface area contributed by atoms with Crippen molar-refractivity contribution in [2.75, 3.05) is 27.3 Å². The Hall–Kier alpha value is -2.24. The molecule has 28 heavy (non-hydrogen) atoms. The fraction of sp³-hybridized carbons (Fsp3) is 0.636. The number of carbonyl (C=O) groups excluding carboxylic acids is 2. The number of nitrogens with zero attached hydrogens (tertiary/aromatic N) is 1. The summed E-state index contributed by atoms with van der Waals surface area (Å²) in [6, 6.07) is 5.43. The Morgan fingerprint density at radius 3 is 2.57 bits per heavy atom. The molecule has 1 saturated carbocycles. The average Bonchev–Trinajstić information content (AvgIpc) is 3.23. The van der Waals surface area contributed by atoms with Crippen LogP contribution in [0.2, 0.25) is 0 Å². The Morgan fingerprint density at radius 2 is 1.86 bits per heavy atom. The number of carbonyl (C=O) groups is 2. The summed E-state index contributed by atoms with van der Waals surface area (Å²) in [6.45, 7) is 1.21. The fourth-order valence-corrected chi connectivity index (χ4v) is 4.48. The first-order valence-corrected chi connectivity index (χ1v) is 10.4. The maximum absolute atomic E-state index is 12.9. The Labute approximate surface area is 167 Å². The summed E-state index contributed by atoms with van der Waals surface area (Å²) < 4.78 is 10.8. The maximum Gasteiger partial charge on any atom is 0.242 e. The molecule has 3 rings (SSSR count). The third-order valence-corrected chi connectivity index (χ3v) is 5.97. The number of likely N-dealkylation sites (tertiary alicyclic amines) is 1. The molecule has 2 aliphatic rings. The number of nitrogens with one attached hydrogen (secondary N) is 1. The van der Waals surface area contributed by atoms with Crippen molar-refractivity contribution in [3.05, 3.63) is 23.8 Å². The van der Waals surface area contributed by atoms with Crippen LogP contribution in [-0.2, 0) is 16.0 Å². The number of ether oxygens (including phenoxy) is 2. The molecule has 1 saturated heterocycles. The highest BCUT2D eigenvalue weighted by Gasteiger charge is 2.37. The lowest BCUT2D eigenvalue weighted by Gasteiger charge is -2.30. The molecule has 154 valence electrons. The molecule has 1 aliphatic heterocycles. The lowest BCUT2D eigenvalue weighted by molar-refractivity contribution is -0.142. The normalized spacial score (nSPS) is 20.1. The molecule has 6 nitrogen and oxygen atoms in total. The number of methoxy groups -OCH3 is 2. The molecule has 1 aromatic rings. The van der Waals surface area contributed by atoms with Crippen LogP contribution in [0.15, 0.2) is 18.2 Å². The highest BCUT2D eigenvalue weighted by molar-refractivity contribution is 5.89. The number of benzene rings is 1. The van der Waals surface area contributed by atoms with Gasteiger partial charge in [0.15, 0.2) is 11.5 Å². The van der Waals surface area contributed by atoms with E-state index in [1.165, 1.54) is 6.42 Å². The summed E-state index contributed by atoms with van der Waals surface area (Å²) in [5, 5.41) is 3.02. The van der Waals surface area contributed by atoms with E-state index in [0.29, 0.717) is 31.0 Å². The zero-order chi connectivity index (χ0) is 19.9. The van der Waals surface area contributed by atoms with Crippen molar-refractivity contribution in [2.24, 2.45) is 5.92 Å². The topological polar surface area (TPSA) is 67.9 Å². The predicted molar refractivity (Wildman–Crippen MR) is 108 cm³/mol. The standard InChI is InChI=1S/C22H32N2O4/c1-27-19-12-6-10-16(20(19)28-2)13-14-23-21(25)18-11-7-15-24(18)22(26)17-8-4-3-5-9-17/h6,10,12,17-18H,3-5,7-9,11,13-15H2,1-2H3,(H,23,25)/t18-/m0/s1. The smallest absolute Gasteiger partial charge is 0.242 e. The second kappa shape index (κ2) is 9.80. The molecule has 1 aliphatic carbocycles. The number of hydrogen-bond acceptors (Lipinski definition) is 4. The molecule has 1 atom stereocenters. The van der Waals surface area contributed by atoms with E-state index in [2.05, 4.69) is 5.32 Å². The van der Waals surface area contributed by atoms with Crippen LogP contribution in [0.4, 0.5) is 0 Å². The number of hydrogen-bond donors (Lipinski definition) is 1. The van der Waals surface area contributed by atoms with E-state index in [-0.39, 0.29) is 23.8 Å². The molecule has 6 heteroatoms. The van der Waals surface area contributed by atoms with E-state index >= 15 is 0 Å². The predicted octanol–water partition coefficient (Wildman–Crippen LogP) is 2.93. The van der Waals surface area contributed by atoms with Crippen LogP contribution in [0, 0.1) is 5.92 Å². The zero-order valence-electron chi connectivity index (χ0n) is 17.0. The van der Waals surface area contributed by atoms with E-state index in [1.54, 1.807) is 14.2 Å². The van der Waals surface area contributed by atoms with Gasteiger partial charge in [-0.15, -0.1) is 0 Å². The summed E-state index contributed by atoms with van der Waals surface area (Å²) in [4.78, 5) is 27.5. The Bertz CT molecular complexity index is 685. The van der Waals surface area contributed by atoms with Crippen molar-refractivity contribution in [3.63, 3.8) is 0 Å². The molecule has 2 fully saturated rings. The molecule has 0 radical (unpaired) electrons. The Morgan fingerprint density at radius 1 is 1.07 bits per heavy atom. The molecule has 2 amide bonds. The van der Waals surface area contributed by atoms with E-state index in [1.807, 2.05) is 23.1 Å². The molecule has 1 heterocycles. The molecule has 0 spiro atoms. The van der Waals surface area contributed by atoms with Crippen molar-refractivity contribution < 1.29 is 19.1 Å². The summed E-state index contributed by atoms with van der Waals surface area (Å²) >= 11 is 0. The average molecular weight is 389 g/mol. The largest absolute Gasteiger partial charge is 0.493 e. The highest BCUT2D eigenvalue weighted by Crippen LogP contribution is 2.31. The van der Waals surface area contributed by atoms with Crippen LogP contribution in [0.1, 0.15) is 50.5 Å². The first-order valence-electron chi connectivity index (χ1n) is 10.4. The second-order valence-corrected chi connectivity index (χ2v) is 7.72. The number of amides is 2. The quantitative estimate of drug-likeness (QED) is 0.780. The molecular weight excluding hydrogens is 356 g/mol. The van der Waals surface area contributed by atoms with E-state index < -0.39 is 0 Å². The van der Waals surface area contributed by atoms with Gasteiger partial charge in [0.1, 0.15) is 6.04 Å². The van der Waals surface area contributed by atoms with Crippen molar-refractivity contribution in [1.29, 1.82) is 0 Å². The molecule has 1 aromatic carbocycles. The van der Waals surface area contributed by atoms with Gasteiger partial charge < -0.3 is 19.7 Å². The molecule has 0 aromatic heterocycles. The fourth-order valence-electron chi connectivity index (χ4n) is 4.48. The zero-order valence-corrected chi connectivity index (χ0v) is 17.0. The first kappa shape index (κ1) is 20.5. The van der Waals surface area contributed by atoms with Gasteiger partial charge in [0.2, 0.25) is 11.8 Å². The molecule has 0 unspecified atom stereocenters. The van der Waals surface area contributed by atoms with E-state index in [0.717, 1.165) is 44.1 Å². The van der Waals surface area contributed by atoms with Gasteiger partial charge in [-0.1, -0.05) is 31.4 Å². The van der Waals surface area contributed by atoms with Gasteiger partial charge in [0, 0.05) is 19.0 Å². The van der Waals surface area contributed by atoms with Crippen LogP contribution < -0.4 is 14.8 Å². The third-order valence-electron chi connectivity index (χ3n) is 5.97. The van der Waals surface area contributed by atoms with Crippen molar-refractivity contribution >= 4 is 11.8 Å². The van der Waals surface area contributed by atoms with Gasteiger partial charge in [0.25, 0.3) is 0 Å².